The van der Waals surface area contributed by atoms with E-state index in [2.05, 4.69) is 10.6 Å². The van der Waals surface area contributed by atoms with Crippen molar-refractivity contribution in [3.8, 4) is 11.5 Å². The van der Waals surface area contributed by atoms with Gasteiger partial charge in [-0.3, -0.25) is 0 Å². The Balaban J connectivity index is 1.84. The van der Waals surface area contributed by atoms with E-state index in [4.69, 9.17) is 9.47 Å². The minimum Gasteiger partial charge on any atom is -0.493 e. The van der Waals surface area contributed by atoms with Crippen LogP contribution < -0.4 is 20.1 Å². The largest absolute Gasteiger partial charge is 0.493 e. The van der Waals surface area contributed by atoms with Gasteiger partial charge in [0.05, 0.1) is 14.2 Å². The number of hydrogen-bond acceptors (Lipinski definition) is 3. The highest BCUT2D eigenvalue weighted by Crippen LogP contribution is 2.29. The first kappa shape index (κ1) is 15.7. The summed E-state index contributed by atoms with van der Waals surface area (Å²) in [7, 11) is 3.13. The second-order valence-electron chi connectivity index (χ2n) is 4.69. The van der Waals surface area contributed by atoms with E-state index >= 15 is 0 Å². The molecule has 0 aliphatic heterocycles. The Morgan fingerprint density at radius 2 is 1.73 bits per heavy atom. The monoisotopic (exact) mass is 300 g/mol. The molecule has 0 heterocycles. The zero-order chi connectivity index (χ0) is 15.8. The molecule has 0 aliphatic rings. The van der Waals surface area contributed by atoms with Gasteiger partial charge in [-0.1, -0.05) is 30.3 Å². The molecule has 0 unspecified atom stereocenters. The predicted molar refractivity (Wildman–Crippen MR) is 86.7 cm³/mol. The van der Waals surface area contributed by atoms with Crippen molar-refractivity contribution < 1.29 is 14.3 Å². The lowest BCUT2D eigenvalue weighted by atomic mass is 10.1. The maximum Gasteiger partial charge on any atom is 0.319 e. The molecule has 22 heavy (non-hydrogen) atoms. The first-order valence-corrected chi connectivity index (χ1v) is 7.03. The van der Waals surface area contributed by atoms with Gasteiger partial charge in [0.1, 0.15) is 0 Å². The lowest BCUT2D eigenvalue weighted by Crippen LogP contribution is -2.30. The van der Waals surface area contributed by atoms with Crippen LogP contribution in [0, 0.1) is 0 Å². The van der Waals surface area contributed by atoms with Gasteiger partial charge in [-0.2, -0.15) is 0 Å². The third-order valence-corrected chi connectivity index (χ3v) is 3.18. The zero-order valence-electron chi connectivity index (χ0n) is 12.8. The number of carbonyl (C=O) groups excluding carboxylic acids is 1. The molecule has 0 aromatic heterocycles. The van der Waals surface area contributed by atoms with Gasteiger partial charge in [-0.25, -0.2) is 4.79 Å². The molecule has 0 aliphatic carbocycles. The number of amides is 2. The van der Waals surface area contributed by atoms with Crippen molar-refractivity contribution in [1.82, 2.24) is 5.32 Å². The molecule has 2 aromatic carbocycles. The summed E-state index contributed by atoms with van der Waals surface area (Å²) in [5, 5.41) is 5.59. The molecular weight excluding hydrogens is 280 g/mol. The van der Waals surface area contributed by atoms with Crippen molar-refractivity contribution in [2.75, 3.05) is 26.1 Å². The first-order chi connectivity index (χ1) is 10.7. The van der Waals surface area contributed by atoms with Crippen molar-refractivity contribution in [2.24, 2.45) is 0 Å². The number of nitrogens with one attached hydrogen (secondary N) is 2. The molecule has 2 amide bonds. The van der Waals surface area contributed by atoms with Gasteiger partial charge in [-0.05, 0) is 24.1 Å². The van der Waals surface area contributed by atoms with Gasteiger partial charge in [0, 0.05) is 18.3 Å². The molecular formula is C17H20N2O3. The van der Waals surface area contributed by atoms with Gasteiger partial charge >= 0.3 is 6.03 Å². The topological polar surface area (TPSA) is 59.6 Å². The number of rotatable bonds is 6. The minimum absolute atomic E-state index is 0.247. The number of anilines is 1. The van der Waals surface area contributed by atoms with Crippen molar-refractivity contribution >= 4 is 11.7 Å². The Hall–Kier alpha value is -2.69. The number of urea groups is 1. The van der Waals surface area contributed by atoms with Crippen molar-refractivity contribution in [1.29, 1.82) is 0 Å². The fraction of sp³-hybridized carbons (Fsp3) is 0.235. The summed E-state index contributed by atoms with van der Waals surface area (Å²) in [6.45, 7) is 0.573. The van der Waals surface area contributed by atoms with Crippen LogP contribution in [0.1, 0.15) is 5.56 Å². The number of benzene rings is 2. The molecule has 0 bridgehead atoms. The Morgan fingerprint density at radius 1 is 1.00 bits per heavy atom. The second kappa shape index (κ2) is 7.93. The molecule has 0 spiro atoms. The van der Waals surface area contributed by atoms with Gasteiger partial charge < -0.3 is 20.1 Å². The summed E-state index contributed by atoms with van der Waals surface area (Å²) in [4.78, 5) is 11.9. The number of carbonyl (C=O) groups is 1. The molecule has 2 rings (SSSR count). The Morgan fingerprint density at radius 3 is 2.41 bits per heavy atom. The lowest BCUT2D eigenvalue weighted by Gasteiger charge is -2.11. The van der Waals surface area contributed by atoms with Crippen LogP contribution in [0.25, 0.3) is 0 Å². The van der Waals surface area contributed by atoms with E-state index in [9.17, 15) is 4.79 Å². The van der Waals surface area contributed by atoms with E-state index in [1.807, 2.05) is 30.3 Å². The normalized spacial score (nSPS) is 9.91. The molecule has 2 aromatic rings. The van der Waals surface area contributed by atoms with Crippen LogP contribution in [0.4, 0.5) is 10.5 Å². The highest BCUT2D eigenvalue weighted by atomic mass is 16.5. The first-order valence-electron chi connectivity index (χ1n) is 7.03. The summed E-state index contributed by atoms with van der Waals surface area (Å²) in [6.07, 6.45) is 0.792. The van der Waals surface area contributed by atoms with Crippen LogP contribution >= 0.6 is 0 Å². The van der Waals surface area contributed by atoms with Crippen molar-refractivity contribution in [3.63, 3.8) is 0 Å². The molecule has 5 nitrogen and oxygen atoms in total. The molecule has 116 valence electrons. The van der Waals surface area contributed by atoms with Crippen LogP contribution in [-0.4, -0.2) is 26.8 Å². The van der Waals surface area contributed by atoms with E-state index in [0.29, 0.717) is 23.7 Å². The highest BCUT2D eigenvalue weighted by molar-refractivity contribution is 5.89. The SMILES string of the molecule is COc1ccc(NC(=O)NCCc2ccccc2)cc1OC. The number of hydrogen-bond donors (Lipinski definition) is 2. The Bertz CT molecular complexity index is 615. The van der Waals surface area contributed by atoms with Crippen LogP contribution in [0.5, 0.6) is 11.5 Å². The summed E-state index contributed by atoms with van der Waals surface area (Å²) < 4.78 is 10.4. The van der Waals surface area contributed by atoms with E-state index in [0.717, 1.165) is 6.42 Å². The van der Waals surface area contributed by atoms with E-state index in [1.165, 1.54) is 5.56 Å². The van der Waals surface area contributed by atoms with Crippen LogP contribution in [-0.2, 0) is 6.42 Å². The van der Waals surface area contributed by atoms with Gasteiger partial charge in [0.25, 0.3) is 0 Å². The zero-order valence-corrected chi connectivity index (χ0v) is 12.8. The molecule has 2 N–H and O–H groups in total. The second-order valence-corrected chi connectivity index (χ2v) is 4.69. The average molecular weight is 300 g/mol. The quantitative estimate of drug-likeness (QED) is 0.862. The van der Waals surface area contributed by atoms with E-state index < -0.39 is 0 Å². The highest BCUT2D eigenvalue weighted by Gasteiger charge is 2.07. The van der Waals surface area contributed by atoms with Gasteiger partial charge in [0.15, 0.2) is 11.5 Å². The summed E-state index contributed by atoms with van der Waals surface area (Å²) >= 11 is 0. The third-order valence-electron chi connectivity index (χ3n) is 3.18. The molecule has 5 heteroatoms. The van der Waals surface area contributed by atoms with Crippen molar-refractivity contribution in [3.05, 3.63) is 54.1 Å². The minimum atomic E-state index is -0.247. The smallest absolute Gasteiger partial charge is 0.319 e. The third kappa shape index (κ3) is 4.41. The van der Waals surface area contributed by atoms with Gasteiger partial charge in [0.2, 0.25) is 0 Å². The number of methoxy groups -OCH3 is 2. The van der Waals surface area contributed by atoms with Crippen molar-refractivity contribution in [2.45, 2.75) is 6.42 Å². The average Bonchev–Trinajstić information content (AvgIpc) is 2.55. The fourth-order valence-corrected chi connectivity index (χ4v) is 2.05. The fourth-order valence-electron chi connectivity index (χ4n) is 2.05. The molecule has 0 saturated heterocycles. The Labute approximate surface area is 130 Å². The van der Waals surface area contributed by atoms with E-state index in [-0.39, 0.29) is 6.03 Å². The van der Waals surface area contributed by atoms with E-state index in [1.54, 1.807) is 32.4 Å². The van der Waals surface area contributed by atoms with Gasteiger partial charge in [-0.15, -0.1) is 0 Å². The molecule has 0 atom stereocenters. The summed E-state index contributed by atoms with van der Waals surface area (Å²) in [5.74, 6) is 1.20. The summed E-state index contributed by atoms with van der Waals surface area (Å²) in [5.41, 5.74) is 1.84. The lowest BCUT2D eigenvalue weighted by molar-refractivity contribution is 0.252. The molecule has 0 radical (unpaired) electrons. The Kier molecular flexibility index (Phi) is 5.65. The predicted octanol–water partition coefficient (Wildman–Crippen LogP) is 3.07. The number of ether oxygens (including phenoxy) is 2. The maximum atomic E-state index is 11.9. The van der Waals surface area contributed by atoms with Crippen LogP contribution in [0.2, 0.25) is 0 Å². The van der Waals surface area contributed by atoms with Crippen LogP contribution in [0.15, 0.2) is 48.5 Å². The van der Waals surface area contributed by atoms with Crippen LogP contribution in [0.3, 0.4) is 0 Å². The molecule has 0 fully saturated rings. The molecule has 0 saturated carbocycles. The standard InChI is InChI=1S/C17H20N2O3/c1-21-15-9-8-14(12-16(15)22-2)19-17(20)18-11-10-13-6-4-3-5-7-13/h3-9,12H,10-11H2,1-2H3,(H2,18,19,20). The maximum absolute atomic E-state index is 11.9. The summed E-state index contributed by atoms with van der Waals surface area (Å²) in [6, 6.07) is 15.0.